The number of carbonyl (C=O) groups excluding carboxylic acids is 1. The van der Waals surface area contributed by atoms with Crippen molar-refractivity contribution in [2.75, 3.05) is 13.1 Å². The maximum atomic E-state index is 12.5. The number of likely N-dealkylation sites (tertiary alicyclic amines) is 1. The second-order valence-corrected chi connectivity index (χ2v) is 5.92. The van der Waals surface area contributed by atoms with Crippen LogP contribution in [0.25, 0.3) is 0 Å². The summed E-state index contributed by atoms with van der Waals surface area (Å²) in [4.78, 5) is 14.1. The van der Waals surface area contributed by atoms with Gasteiger partial charge >= 0.3 is 0 Å². The highest BCUT2D eigenvalue weighted by molar-refractivity contribution is 5.97. The van der Waals surface area contributed by atoms with Gasteiger partial charge in [0.25, 0.3) is 0 Å². The Kier molecular flexibility index (Phi) is 4.46. The summed E-state index contributed by atoms with van der Waals surface area (Å²) < 4.78 is 0. The molecular weight excluding hydrogens is 258 g/mol. The molecule has 0 radical (unpaired) electrons. The van der Waals surface area contributed by atoms with Crippen LogP contribution in [0.15, 0.2) is 60.7 Å². The molecule has 2 aromatic rings. The summed E-state index contributed by atoms with van der Waals surface area (Å²) in [5, 5.41) is 0. The van der Waals surface area contributed by atoms with Gasteiger partial charge in [-0.15, -0.1) is 0 Å². The van der Waals surface area contributed by atoms with Crippen molar-refractivity contribution in [1.29, 1.82) is 0 Å². The predicted octanol–water partition coefficient (Wildman–Crippen LogP) is 2.36. The molecule has 0 atom stereocenters. The van der Waals surface area contributed by atoms with Crippen LogP contribution >= 0.6 is 0 Å². The lowest BCUT2D eigenvalue weighted by Crippen LogP contribution is -3.11. The van der Waals surface area contributed by atoms with Crippen molar-refractivity contribution in [1.82, 2.24) is 0 Å². The van der Waals surface area contributed by atoms with Crippen molar-refractivity contribution in [2.45, 2.75) is 19.4 Å². The number of Topliss-reactive ketones (excluding diaryl/α,β-unsaturated/α-hetero) is 1. The molecule has 1 heterocycles. The van der Waals surface area contributed by atoms with Crippen molar-refractivity contribution in [3.8, 4) is 0 Å². The van der Waals surface area contributed by atoms with Crippen LogP contribution in [0, 0.1) is 5.92 Å². The Bertz CT molecular complexity index is 571. The molecule has 2 nitrogen and oxygen atoms in total. The van der Waals surface area contributed by atoms with Gasteiger partial charge in [0.1, 0.15) is 6.54 Å². The van der Waals surface area contributed by atoms with Crippen molar-refractivity contribution in [3.05, 3.63) is 71.8 Å². The molecule has 2 aromatic carbocycles. The van der Waals surface area contributed by atoms with Gasteiger partial charge in [-0.25, -0.2) is 0 Å². The smallest absolute Gasteiger partial charge is 0.166 e. The Morgan fingerprint density at radius 1 is 0.905 bits per heavy atom. The number of hydrogen-bond donors (Lipinski definition) is 1. The molecule has 0 amide bonds. The largest absolute Gasteiger partial charge is 0.331 e. The van der Waals surface area contributed by atoms with E-state index in [9.17, 15) is 4.79 Å². The first kappa shape index (κ1) is 14.0. The maximum Gasteiger partial charge on any atom is 0.166 e. The number of hydrogen-bond acceptors (Lipinski definition) is 1. The number of rotatable bonds is 4. The average Bonchev–Trinajstić information content (AvgIpc) is 2.57. The topological polar surface area (TPSA) is 21.5 Å². The van der Waals surface area contributed by atoms with Gasteiger partial charge in [0, 0.05) is 29.9 Å². The van der Waals surface area contributed by atoms with E-state index in [0.717, 1.165) is 38.0 Å². The van der Waals surface area contributed by atoms with Gasteiger partial charge in [0.05, 0.1) is 13.1 Å². The molecule has 3 rings (SSSR count). The maximum absolute atomic E-state index is 12.5. The molecule has 21 heavy (non-hydrogen) atoms. The summed E-state index contributed by atoms with van der Waals surface area (Å²) >= 11 is 0. The fraction of sp³-hybridized carbons (Fsp3) is 0.316. The zero-order valence-corrected chi connectivity index (χ0v) is 12.3. The highest BCUT2D eigenvalue weighted by Gasteiger charge is 2.27. The molecule has 0 bridgehead atoms. The van der Waals surface area contributed by atoms with E-state index in [-0.39, 0.29) is 5.92 Å². The van der Waals surface area contributed by atoms with Gasteiger partial charge in [-0.2, -0.15) is 0 Å². The highest BCUT2D eigenvalue weighted by atomic mass is 16.1. The highest BCUT2D eigenvalue weighted by Crippen LogP contribution is 2.16. The van der Waals surface area contributed by atoms with E-state index < -0.39 is 0 Å². The average molecular weight is 280 g/mol. The lowest BCUT2D eigenvalue weighted by atomic mass is 9.89. The Morgan fingerprint density at radius 3 is 2.10 bits per heavy atom. The Balaban J connectivity index is 1.54. The van der Waals surface area contributed by atoms with E-state index >= 15 is 0 Å². The van der Waals surface area contributed by atoms with Gasteiger partial charge in [-0.3, -0.25) is 4.79 Å². The number of carbonyl (C=O) groups is 1. The molecule has 2 heteroatoms. The van der Waals surface area contributed by atoms with Gasteiger partial charge in [-0.1, -0.05) is 60.7 Å². The first-order valence-electron chi connectivity index (χ1n) is 7.79. The molecule has 1 N–H and O–H groups in total. The molecular formula is C19H22NO+. The van der Waals surface area contributed by atoms with E-state index in [1.54, 1.807) is 4.90 Å². The number of nitrogens with one attached hydrogen (secondary N) is 1. The Labute approximate surface area is 126 Å². The zero-order chi connectivity index (χ0) is 14.5. The molecule has 0 aliphatic carbocycles. The summed E-state index contributed by atoms with van der Waals surface area (Å²) in [6.45, 7) is 3.27. The number of quaternary nitrogens is 1. The van der Waals surface area contributed by atoms with Crippen LogP contribution in [-0.4, -0.2) is 18.9 Å². The fourth-order valence-corrected chi connectivity index (χ4v) is 3.19. The van der Waals surface area contributed by atoms with E-state index in [4.69, 9.17) is 0 Å². The first-order chi connectivity index (χ1) is 10.3. The summed E-state index contributed by atoms with van der Waals surface area (Å²) in [6, 6.07) is 20.4. The summed E-state index contributed by atoms with van der Waals surface area (Å²) in [5.74, 6) is 0.543. The van der Waals surface area contributed by atoms with Crippen LogP contribution in [0.5, 0.6) is 0 Å². The lowest BCUT2D eigenvalue weighted by molar-refractivity contribution is -0.919. The number of piperidine rings is 1. The zero-order valence-electron chi connectivity index (χ0n) is 12.3. The van der Waals surface area contributed by atoms with Crippen LogP contribution < -0.4 is 4.90 Å². The molecule has 0 unspecified atom stereocenters. The van der Waals surface area contributed by atoms with Crippen molar-refractivity contribution < 1.29 is 9.69 Å². The van der Waals surface area contributed by atoms with Crippen LogP contribution in [0.1, 0.15) is 28.8 Å². The third kappa shape index (κ3) is 3.59. The monoisotopic (exact) mass is 280 g/mol. The van der Waals surface area contributed by atoms with Gasteiger partial charge in [-0.05, 0) is 0 Å². The van der Waals surface area contributed by atoms with Crippen LogP contribution in [0.2, 0.25) is 0 Å². The van der Waals surface area contributed by atoms with E-state index in [0.29, 0.717) is 5.78 Å². The predicted molar refractivity (Wildman–Crippen MR) is 84.3 cm³/mol. The minimum atomic E-state index is 0.215. The van der Waals surface area contributed by atoms with Crippen LogP contribution in [-0.2, 0) is 6.54 Å². The summed E-state index contributed by atoms with van der Waals surface area (Å²) in [6.07, 6.45) is 2.02. The van der Waals surface area contributed by atoms with Gasteiger partial charge in [0.15, 0.2) is 5.78 Å². The molecule has 1 aliphatic heterocycles. The molecule has 1 aliphatic rings. The number of ketones is 1. The first-order valence-corrected chi connectivity index (χ1v) is 7.79. The SMILES string of the molecule is O=C(c1ccccc1)C1CC[NH+](Cc2ccccc2)CC1. The fourth-order valence-electron chi connectivity index (χ4n) is 3.19. The Morgan fingerprint density at radius 2 is 1.48 bits per heavy atom. The van der Waals surface area contributed by atoms with Crippen molar-refractivity contribution >= 4 is 5.78 Å². The summed E-state index contributed by atoms with van der Waals surface area (Å²) in [7, 11) is 0. The molecule has 1 fully saturated rings. The standard InChI is InChI=1S/C19H21NO/c21-19(17-9-5-2-6-10-17)18-11-13-20(14-12-18)15-16-7-3-1-4-8-16/h1-10,18H,11-15H2/p+1. The number of benzene rings is 2. The lowest BCUT2D eigenvalue weighted by Gasteiger charge is -2.28. The molecule has 108 valence electrons. The molecule has 0 spiro atoms. The molecule has 0 aromatic heterocycles. The second-order valence-electron chi connectivity index (χ2n) is 5.92. The van der Waals surface area contributed by atoms with Crippen molar-refractivity contribution in [3.63, 3.8) is 0 Å². The van der Waals surface area contributed by atoms with E-state index in [1.807, 2.05) is 30.3 Å². The van der Waals surface area contributed by atoms with Crippen LogP contribution in [0.3, 0.4) is 0 Å². The Hall–Kier alpha value is -1.93. The third-order valence-corrected chi connectivity index (χ3v) is 4.42. The van der Waals surface area contributed by atoms with E-state index in [2.05, 4.69) is 30.3 Å². The third-order valence-electron chi connectivity index (χ3n) is 4.42. The minimum Gasteiger partial charge on any atom is -0.331 e. The van der Waals surface area contributed by atoms with Crippen molar-refractivity contribution in [2.24, 2.45) is 5.92 Å². The molecule has 0 saturated carbocycles. The summed E-state index contributed by atoms with van der Waals surface area (Å²) in [5.41, 5.74) is 2.26. The quantitative estimate of drug-likeness (QED) is 0.853. The van der Waals surface area contributed by atoms with E-state index in [1.165, 1.54) is 5.56 Å². The van der Waals surface area contributed by atoms with Gasteiger partial charge in [0.2, 0.25) is 0 Å². The normalized spacial score (nSPS) is 21.9. The molecule has 1 saturated heterocycles. The van der Waals surface area contributed by atoms with Gasteiger partial charge < -0.3 is 4.90 Å². The second kappa shape index (κ2) is 6.68. The van der Waals surface area contributed by atoms with Crippen LogP contribution in [0.4, 0.5) is 0 Å². The minimum absolute atomic E-state index is 0.215.